The number of carbonyl (C=O) groups excluding carboxylic acids is 1. The summed E-state index contributed by atoms with van der Waals surface area (Å²) in [6.45, 7) is 3.81. The molecule has 0 radical (unpaired) electrons. The van der Waals surface area contributed by atoms with Crippen LogP contribution in [0.5, 0.6) is 0 Å². The average Bonchev–Trinajstić information content (AvgIpc) is 2.65. The van der Waals surface area contributed by atoms with Crippen molar-refractivity contribution in [2.45, 2.75) is 19.9 Å². The molecule has 6 heteroatoms. The standard InChI is InChI=1S/C21H27FN4O/c1-4-23-21(25-15-17-8-6-10-19(22)14-17)24-12-11-16-7-5-9-18(13-16)20(27)26(2)3/h5-10,13-14H,4,11-12,15H2,1-3H3,(H2,23,24,25). The molecular formula is C21H27FN4O. The number of aliphatic imine (C=N–C) groups is 1. The minimum Gasteiger partial charge on any atom is -0.357 e. The Labute approximate surface area is 160 Å². The SMILES string of the molecule is CCNC(=NCc1cccc(F)c1)NCCc1cccc(C(=O)N(C)C)c1. The minimum atomic E-state index is -0.257. The van der Waals surface area contributed by atoms with Gasteiger partial charge in [0.25, 0.3) is 5.91 Å². The van der Waals surface area contributed by atoms with E-state index in [1.807, 2.05) is 37.3 Å². The van der Waals surface area contributed by atoms with Crippen molar-refractivity contribution in [1.82, 2.24) is 15.5 Å². The second-order valence-electron chi connectivity index (χ2n) is 6.40. The van der Waals surface area contributed by atoms with Crippen LogP contribution in [0.15, 0.2) is 53.5 Å². The zero-order valence-electron chi connectivity index (χ0n) is 16.1. The number of rotatable bonds is 7. The van der Waals surface area contributed by atoms with Crippen LogP contribution in [-0.2, 0) is 13.0 Å². The molecule has 144 valence electrons. The highest BCUT2D eigenvalue weighted by atomic mass is 19.1. The number of guanidine groups is 1. The van der Waals surface area contributed by atoms with E-state index in [-0.39, 0.29) is 11.7 Å². The van der Waals surface area contributed by atoms with E-state index in [1.54, 1.807) is 25.1 Å². The molecule has 5 nitrogen and oxygen atoms in total. The van der Waals surface area contributed by atoms with Crippen molar-refractivity contribution in [2.75, 3.05) is 27.2 Å². The predicted octanol–water partition coefficient (Wildman–Crippen LogP) is 2.83. The molecule has 0 bridgehead atoms. The van der Waals surface area contributed by atoms with Gasteiger partial charge in [0.2, 0.25) is 0 Å². The molecule has 0 aliphatic carbocycles. The van der Waals surface area contributed by atoms with Gasteiger partial charge in [-0.15, -0.1) is 0 Å². The Morgan fingerprint density at radius 2 is 1.81 bits per heavy atom. The molecule has 0 aliphatic heterocycles. The molecule has 1 amide bonds. The average molecular weight is 370 g/mol. The van der Waals surface area contributed by atoms with Crippen LogP contribution in [0.3, 0.4) is 0 Å². The molecule has 0 atom stereocenters. The monoisotopic (exact) mass is 370 g/mol. The normalized spacial score (nSPS) is 11.2. The van der Waals surface area contributed by atoms with Gasteiger partial charge in [0.1, 0.15) is 5.82 Å². The Hall–Kier alpha value is -2.89. The van der Waals surface area contributed by atoms with Crippen molar-refractivity contribution in [3.05, 3.63) is 71.0 Å². The van der Waals surface area contributed by atoms with E-state index in [9.17, 15) is 9.18 Å². The fourth-order valence-electron chi connectivity index (χ4n) is 2.59. The lowest BCUT2D eigenvalue weighted by atomic mass is 10.1. The summed E-state index contributed by atoms with van der Waals surface area (Å²) in [7, 11) is 3.49. The van der Waals surface area contributed by atoms with Crippen molar-refractivity contribution < 1.29 is 9.18 Å². The first-order chi connectivity index (χ1) is 13.0. The lowest BCUT2D eigenvalue weighted by Gasteiger charge is -2.13. The lowest BCUT2D eigenvalue weighted by molar-refractivity contribution is 0.0827. The highest BCUT2D eigenvalue weighted by Crippen LogP contribution is 2.08. The first-order valence-electron chi connectivity index (χ1n) is 9.07. The number of nitrogens with one attached hydrogen (secondary N) is 2. The predicted molar refractivity (Wildman–Crippen MR) is 107 cm³/mol. The summed E-state index contributed by atoms with van der Waals surface area (Å²) in [5.41, 5.74) is 2.59. The third-order valence-corrected chi connectivity index (χ3v) is 3.94. The molecule has 0 fully saturated rings. The van der Waals surface area contributed by atoms with E-state index in [0.717, 1.165) is 24.1 Å². The van der Waals surface area contributed by atoms with Crippen LogP contribution in [0.4, 0.5) is 4.39 Å². The molecule has 0 heterocycles. The van der Waals surface area contributed by atoms with Gasteiger partial charge in [-0.3, -0.25) is 4.79 Å². The molecule has 2 rings (SSSR count). The van der Waals surface area contributed by atoms with E-state index in [1.165, 1.54) is 12.1 Å². The maximum Gasteiger partial charge on any atom is 0.253 e. The lowest BCUT2D eigenvalue weighted by Crippen LogP contribution is -2.38. The zero-order chi connectivity index (χ0) is 19.6. The van der Waals surface area contributed by atoms with Crippen LogP contribution in [0.25, 0.3) is 0 Å². The van der Waals surface area contributed by atoms with Gasteiger partial charge in [0.15, 0.2) is 5.96 Å². The third kappa shape index (κ3) is 6.73. The number of hydrogen-bond donors (Lipinski definition) is 2. The number of nitrogens with zero attached hydrogens (tertiary/aromatic N) is 2. The van der Waals surface area contributed by atoms with Crippen molar-refractivity contribution >= 4 is 11.9 Å². The first-order valence-corrected chi connectivity index (χ1v) is 9.07. The number of hydrogen-bond acceptors (Lipinski definition) is 2. The van der Waals surface area contributed by atoms with Gasteiger partial charge >= 0.3 is 0 Å². The summed E-state index contributed by atoms with van der Waals surface area (Å²) in [6, 6.07) is 14.1. The van der Waals surface area contributed by atoms with Gasteiger partial charge in [-0.25, -0.2) is 9.38 Å². The zero-order valence-corrected chi connectivity index (χ0v) is 16.1. The van der Waals surface area contributed by atoms with Gasteiger partial charge in [-0.05, 0) is 48.7 Å². The summed E-state index contributed by atoms with van der Waals surface area (Å²) < 4.78 is 13.3. The van der Waals surface area contributed by atoms with E-state index in [2.05, 4.69) is 15.6 Å². The van der Waals surface area contributed by atoms with Gasteiger partial charge in [-0.2, -0.15) is 0 Å². The number of benzene rings is 2. The van der Waals surface area contributed by atoms with Crippen LogP contribution in [0.2, 0.25) is 0 Å². The molecule has 2 aromatic carbocycles. The van der Waals surface area contributed by atoms with E-state index in [0.29, 0.717) is 24.6 Å². The fourth-order valence-corrected chi connectivity index (χ4v) is 2.59. The van der Waals surface area contributed by atoms with Crippen molar-refractivity contribution in [3.63, 3.8) is 0 Å². The summed E-state index contributed by atoms with van der Waals surface area (Å²) in [5, 5.41) is 6.46. The van der Waals surface area contributed by atoms with Crippen molar-refractivity contribution in [2.24, 2.45) is 4.99 Å². The molecule has 0 aromatic heterocycles. The van der Waals surface area contributed by atoms with E-state index < -0.39 is 0 Å². The topological polar surface area (TPSA) is 56.7 Å². The molecule has 0 aliphatic rings. The maximum atomic E-state index is 13.3. The van der Waals surface area contributed by atoms with Gasteiger partial charge in [0.05, 0.1) is 6.54 Å². The summed E-state index contributed by atoms with van der Waals surface area (Å²) in [5.74, 6) is 0.421. The summed E-state index contributed by atoms with van der Waals surface area (Å²) >= 11 is 0. The first kappa shape index (κ1) is 20.4. The van der Waals surface area contributed by atoms with Gasteiger partial charge in [-0.1, -0.05) is 24.3 Å². The fraction of sp³-hybridized carbons (Fsp3) is 0.333. The Bertz CT molecular complexity index is 789. The number of halogens is 1. The quantitative estimate of drug-likeness (QED) is 0.582. The summed E-state index contributed by atoms with van der Waals surface area (Å²) in [4.78, 5) is 18.1. The molecule has 0 unspecified atom stereocenters. The van der Waals surface area contributed by atoms with Crippen molar-refractivity contribution in [1.29, 1.82) is 0 Å². The number of carbonyl (C=O) groups is 1. The molecular weight excluding hydrogens is 343 g/mol. The Kier molecular flexibility index (Phi) is 7.79. The molecule has 0 saturated carbocycles. The summed E-state index contributed by atoms with van der Waals surface area (Å²) in [6.07, 6.45) is 0.763. The van der Waals surface area contributed by atoms with Crippen LogP contribution in [0.1, 0.15) is 28.4 Å². The minimum absolute atomic E-state index is 0.00481. The second-order valence-corrected chi connectivity index (χ2v) is 6.40. The van der Waals surface area contributed by atoms with E-state index in [4.69, 9.17) is 0 Å². The molecule has 2 N–H and O–H groups in total. The highest BCUT2D eigenvalue weighted by Gasteiger charge is 2.08. The van der Waals surface area contributed by atoms with Crippen LogP contribution >= 0.6 is 0 Å². The van der Waals surface area contributed by atoms with Crippen LogP contribution in [-0.4, -0.2) is 44.0 Å². The third-order valence-electron chi connectivity index (χ3n) is 3.94. The van der Waals surface area contributed by atoms with E-state index >= 15 is 0 Å². The van der Waals surface area contributed by atoms with Gasteiger partial charge in [0, 0.05) is 32.7 Å². The van der Waals surface area contributed by atoms with Gasteiger partial charge < -0.3 is 15.5 Å². The smallest absolute Gasteiger partial charge is 0.253 e. The van der Waals surface area contributed by atoms with Crippen LogP contribution in [0, 0.1) is 5.82 Å². The van der Waals surface area contributed by atoms with Crippen LogP contribution < -0.4 is 10.6 Å². The Balaban J connectivity index is 1.93. The highest BCUT2D eigenvalue weighted by molar-refractivity contribution is 5.94. The maximum absolute atomic E-state index is 13.3. The molecule has 0 spiro atoms. The Morgan fingerprint density at radius 1 is 1.07 bits per heavy atom. The molecule has 2 aromatic rings. The second kappa shape index (κ2) is 10.3. The van der Waals surface area contributed by atoms with Crippen molar-refractivity contribution in [3.8, 4) is 0 Å². The molecule has 0 saturated heterocycles. The largest absolute Gasteiger partial charge is 0.357 e. The Morgan fingerprint density at radius 3 is 2.52 bits per heavy atom. The molecule has 27 heavy (non-hydrogen) atoms. The number of amides is 1.